The Morgan fingerprint density at radius 2 is 1.94 bits per heavy atom. The third-order valence-electron chi connectivity index (χ3n) is 9.35. The second kappa shape index (κ2) is 6.56. The summed E-state index contributed by atoms with van der Waals surface area (Å²) in [5.41, 5.74) is -0.0320. The molecule has 0 radical (unpaired) electrons. The van der Waals surface area contributed by atoms with Gasteiger partial charge in [-0.25, -0.2) is 4.79 Å². The summed E-state index contributed by atoms with van der Waals surface area (Å²) in [6.45, 7) is 5.24. The van der Waals surface area contributed by atoms with Gasteiger partial charge in [-0.3, -0.25) is 9.59 Å². The lowest BCUT2D eigenvalue weighted by molar-refractivity contribution is -0.208. The van der Waals surface area contributed by atoms with E-state index in [4.69, 9.17) is 14.2 Å². The Morgan fingerprint density at radius 3 is 2.65 bits per heavy atom. The highest BCUT2D eigenvalue weighted by Crippen LogP contribution is 2.72. The molecule has 0 unspecified atom stereocenters. The van der Waals surface area contributed by atoms with Crippen LogP contribution in [0.5, 0.6) is 0 Å². The van der Waals surface area contributed by atoms with Crippen molar-refractivity contribution in [2.24, 2.45) is 28.6 Å². The Morgan fingerprint density at radius 1 is 1.16 bits per heavy atom. The second-order valence-corrected chi connectivity index (χ2v) is 10.9. The summed E-state index contributed by atoms with van der Waals surface area (Å²) in [6.07, 6.45) is 8.16. The van der Waals surface area contributed by atoms with Gasteiger partial charge in [-0.1, -0.05) is 6.92 Å². The number of hydrogen-bond acceptors (Lipinski definition) is 7. The molecule has 5 rings (SSSR count). The molecule has 5 aliphatic rings. The van der Waals surface area contributed by atoms with E-state index in [1.54, 1.807) is 0 Å². The van der Waals surface area contributed by atoms with E-state index >= 15 is 0 Å². The highest BCUT2D eigenvalue weighted by atomic mass is 16.7. The van der Waals surface area contributed by atoms with Crippen molar-refractivity contribution in [3.05, 3.63) is 11.6 Å². The van der Waals surface area contributed by atoms with Gasteiger partial charge in [-0.2, -0.15) is 0 Å². The van der Waals surface area contributed by atoms with Gasteiger partial charge in [-0.15, -0.1) is 0 Å². The number of ether oxygens (including phenoxy) is 3. The van der Waals surface area contributed by atoms with Crippen LogP contribution >= 0.6 is 0 Å². The number of fused-ring (bicyclic) bond motifs is 5. The molecule has 1 N–H and O–H groups in total. The van der Waals surface area contributed by atoms with Gasteiger partial charge in [-0.05, 0) is 67.6 Å². The lowest BCUT2D eigenvalue weighted by Gasteiger charge is -2.61. The average Bonchev–Trinajstić information content (AvgIpc) is 3.10. The molecule has 31 heavy (non-hydrogen) atoms. The minimum absolute atomic E-state index is 0.0171. The summed E-state index contributed by atoms with van der Waals surface area (Å²) in [6, 6.07) is 0. The minimum atomic E-state index is -1.44. The Kier molecular flexibility index (Phi) is 4.44. The quantitative estimate of drug-likeness (QED) is 0.540. The second-order valence-electron chi connectivity index (χ2n) is 10.9. The zero-order chi connectivity index (χ0) is 22.2. The molecule has 7 atom stereocenters. The number of rotatable bonds is 3. The van der Waals surface area contributed by atoms with Gasteiger partial charge in [0.15, 0.2) is 0 Å². The predicted molar refractivity (Wildman–Crippen MR) is 108 cm³/mol. The largest absolute Gasteiger partial charge is 0.462 e. The molecule has 7 nitrogen and oxygen atoms in total. The standard InChI is InChI=1S/C24H32O7/c1-14(25)29-13-23(30-15(2)26)12-22-7-6-17-18-10-20(27)31-24(18,28)9-8-21(17,3)19(22)5-4-16(23)11-22/h10,16-17,19,28H,4-9,11-13H2,1-3H3/t16-,17-,19+,21-,22+,23+,24-/m1/s1. The van der Waals surface area contributed by atoms with Crippen molar-refractivity contribution in [1.29, 1.82) is 0 Å². The summed E-state index contributed by atoms with van der Waals surface area (Å²) in [5.74, 6) is -1.88. The fourth-order valence-electron chi connectivity index (χ4n) is 8.38. The molecule has 4 aliphatic carbocycles. The van der Waals surface area contributed by atoms with E-state index in [0.29, 0.717) is 18.8 Å². The van der Waals surface area contributed by atoms with E-state index in [0.717, 1.165) is 44.1 Å². The molecule has 2 bridgehead atoms. The molecule has 0 aromatic rings. The van der Waals surface area contributed by atoms with Gasteiger partial charge in [0.1, 0.15) is 12.2 Å². The zero-order valence-electron chi connectivity index (χ0n) is 18.6. The predicted octanol–water partition coefficient (Wildman–Crippen LogP) is 3.04. The third kappa shape index (κ3) is 2.91. The van der Waals surface area contributed by atoms with Crippen LogP contribution in [0.4, 0.5) is 0 Å². The van der Waals surface area contributed by atoms with E-state index < -0.39 is 17.4 Å². The molecule has 1 spiro atoms. The fourth-order valence-corrected chi connectivity index (χ4v) is 8.38. The maximum atomic E-state index is 12.0. The van der Waals surface area contributed by atoms with Crippen molar-refractivity contribution >= 4 is 17.9 Å². The van der Waals surface area contributed by atoms with E-state index in [1.807, 2.05) is 0 Å². The molecule has 7 heteroatoms. The van der Waals surface area contributed by atoms with E-state index in [9.17, 15) is 19.5 Å². The first kappa shape index (κ1) is 21.0. The first-order valence-electron chi connectivity index (χ1n) is 11.5. The lowest BCUT2D eigenvalue weighted by Crippen LogP contribution is -2.56. The van der Waals surface area contributed by atoms with Gasteiger partial charge in [0.05, 0.1) is 0 Å². The van der Waals surface area contributed by atoms with Crippen LogP contribution in [0, 0.1) is 28.6 Å². The average molecular weight is 433 g/mol. The Hall–Kier alpha value is -1.89. The minimum Gasteiger partial charge on any atom is -0.462 e. The van der Waals surface area contributed by atoms with Crippen molar-refractivity contribution in [1.82, 2.24) is 0 Å². The lowest BCUT2D eigenvalue weighted by atomic mass is 9.44. The molecule has 1 heterocycles. The zero-order valence-corrected chi connectivity index (χ0v) is 18.6. The number of carbonyl (C=O) groups is 3. The van der Waals surface area contributed by atoms with Crippen LogP contribution in [0.15, 0.2) is 11.6 Å². The molecule has 4 saturated carbocycles. The van der Waals surface area contributed by atoms with Crippen LogP contribution in [-0.2, 0) is 28.6 Å². The fraction of sp³-hybridized carbons (Fsp3) is 0.792. The van der Waals surface area contributed by atoms with Crippen molar-refractivity contribution in [2.45, 2.75) is 83.5 Å². The molecule has 4 fully saturated rings. The van der Waals surface area contributed by atoms with E-state index in [2.05, 4.69) is 6.92 Å². The molecule has 0 aromatic heterocycles. The van der Waals surface area contributed by atoms with E-state index in [1.165, 1.54) is 19.9 Å². The van der Waals surface area contributed by atoms with Crippen LogP contribution in [-0.4, -0.2) is 41.0 Å². The maximum Gasteiger partial charge on any atom is 0.333 e. The van der Waals surface area contributed by atoms with Crippen molar-refractivity contribution in [3.8, 4) is 0 Å². The number of hydrogen-bond donors (Lipinski definition) is 1. The molecular weight excluding hydrogens is 400 g/mol. The Labute approximate surface area is 182 Å². The van der Waals surface area contributed by atoms with Crippen molar-refractivity contribution in [3.63, 3.8) is 0 Å². The van der Waals surface area contributed by atoms with Gasteiger partial charge in [0.25, 0.3) is 0 Å². The van der Waals surface area contributed by atoms with Gasteiger partial charge in [0.2, 0.25) is 5.79 Å². The first-order chi connectivity index (χ1) is 14.5. The van der Waals surface area contributed by atoms with Crippen LogP contribution in [0.3, 0.4) is 0 Å². The van der Waals surface area contributed by atoms with Crippen LogP contribution < -0.4 is 0 Å². The van der Waals surface area contributed by atoms with Gasteiger partial charge < -0.3 is 19.3 Å². The molecule has 1 aliphatic heterocycles. The molecule has 0 saturated heterocycles. The normalized spacial score (nSPS) is 47.4. The molecule has 0 amide bonds. The summed E-state index contributed by atoms with van der Waals surface area (Å²) in [4.78, 5) is 35.6. The van der Waals surface area contributed by atoms with Gasteiger partial charge in [0, 0.05) is 37.8 Å². The van der Waals surface area contributed by atoms with Crippen LogP contribution in [0.2, 0.25) is 0 Å². The summed E-state index contributed by atoms with van der Waals surface area (Å²) >= 11 is 0. The van der Waals surface area contributed by atoms with Crippen molar-refractivity contribution < 1.29 is 33.7 Å². The number of carbonyl (C=O) groups excluding carboxylic acids is 3. The molecule has 170 valence electrons. The highest BCUT2D eigenvalue weighted by molar-refractivity contribution is 5.86. The smallest absolute Gasteiger partial charge is 0.333 e. The van der Waals surface area contributed by atoms with Crippen LogP contribution in [0.1, 0.15) is 72.1 Å². The Bertz CT molecular complexity index is 879. The number of aliphatic hydroxyl groups is 1. The first-order valence-corrected chi connectivity index (χ1v) is 11.5. The molecular formula is C24H32O7. The summed E-state index contributed by atoms with van der Waals surface area (Å²) in [5, 5.41) is 10.9. The Balaban J connectivity index is 1.49. The van der Waals surface area contributed by atoms with E-state index in [-0.39, 0.29) is 41.2 Å². The monoisotopic (exact) mass is 432 g/mol. The SMILES string of the molecule is CC(=O)OC[C@@]1(OC(C)=O)C[C@@]23CC[C@@H]4C5=CC(=O)O[C@]5(O)CC[C@@]4(C)[C@@H]2CC[C@@H]1C3. The maximum absolute atomic E-state index is 12.0. The topological polar surface area (TPSA) is 99.1 Å². The van der Waals surface area contributed by atoms with Gasteiger partial charge >= 0.3 is 17.9 Å². The summed E-state index contributed by atoms with van der Waals surface area (Å²) < 4.78 is 16.7. The summed E-state index contributed by atoms with van der Waals surface area (Å²) in [7, 11) is 0. The van der Waals surface area contributed by atoms with Crippen LogP contribution in [0.25, 0.3) is 0 Å². The molecule has 0 aromatic carbocycles. The number of esters is 3. The highest BCUT2D eigenvalue weighted by Gasteiger charge is 2.69. The van der Waals surface area contributed by atoms with Crippen molar-refractivity contribution in [2.75, 3.05) is 6.61 Å². The third-order valence-corrected chi connectivity index (χ3v) is 9.35.